The zero-order valence-electron chi connectivity index (χ0n) is 9.30. The highest BCUT2D eigenvalue weighted by Gasteiger charge is 2.12. The molecule has 84 valence electrons. The molecule has 3 heteroatoms. The van der Waals surface area contributed by atoms with Crippen molar-refractivity contribution >= 4 is 12.2 Å². The van der Waals surface area contributed by atoms with E-state index in [4.69, 9.17) is 0 Å². The number of carbonyl (C=O) groups is 2. The molecule has 1 aromatic carbocycles. The van der Waals surface area contributed by atoms with Gasteiger partial charge in [0.25, 0.3) is 5.91 Å². The van der Waals surface area contributed by atoms with Crippen molar-refractivity contribution in [3.05, 3.63) is 48.0 Å². The van der Waals surface area contributed by atoms with Crippen molar-refractivity contribution in [3.63, 3.8) is 0 Å². The Balaban J connectivity index is 2.78. The fourth-order valence-electron chi connectivity index (χ4n) is 1.33. The summed E-state index contributed by atoms with van der Waals surface area (Å²) in [6.45, 7) is 2.47. The highest BCUT2D eigenvalue weighted by molar-refractivity contribution is 5.95. The summed E-state index contributed by atoms with van der Waals surface area (Å²) >= 11 is 0. The minimum Gasteiger partial charge on any atom is -0.328 e. The third-order valence-corrected chi connectivity index (χ3v) is 2.16. The second kappa shape index (κ2) is 6.56. The summed E-state index contributed by atoms with van der Waals surface area (Å²) in [6.07, 6.45) is 4.45. The normalized spacial score (nSPS) is 10.3. The number of nitrogens with zero attached hydrogens (tertiary/aromatic N) is 1. The third-order valence-electron chi connectivity index (χ3n) is 2.16. The van der Waals surface area contributed by atoms with E-state index >= 15 is 0 Å². The molecule has 0 radical (unpaired) electrons. The van der Waals surface area contributed by atoms with Gasteiger partial charge in [0.05, 0.1) is 6.54 Å². The van der Waals surface area contributed by atoms with Crippen molar-refractivity contribution < 1.29 is 9.59 Å². The first-order valence-corrected chi connectivity index (χ1v) is 5.18. The van der Waals surface area contributed by atoms with Crippen molar-refractivity contribution in [1.29, 1.82) is 0 Å². The Hall–Kier alpha value is -1.90. The maximum atomic E-state index is 12.0. The molecule has 1 rings (SSSR count). The smallest absolute Gasteiger partial charge is 0.254 e. The van der Waals surface area contributed by atoms with Crippen LogP contribution in [0.1, 0.15) is 17.3 Å². The van der Waals surface area contributed by atoms with Gasteiger partial charge in [0.15, 0.2) is 0 Å². The van der Waals surface area contributed by atoms with E-state index in [-0.39, 0.29) is 12.5 Å². The van der Waals surface area contributed by atoms with Gasteiger partial charge >= 0.3 is 0 Å². The van der Waals surface area contributed by atoms with Gasteiger partial charge in [-0.2, -0.15) is 0 Å². The van der Waals surface area contributed by atoms with Gasteiger partial charge in [-0.15, -0.1) is 0 Å². The van der Waals surface area contributed by atoms with Crippen LogP contribution in [-0.4, -0.2) is 30.2 Å². The van der Waals surface area contributed by atoms with Gasteiger partial charge in [-0.1, -0.05) is 30.4 Å². The molecule has 0 saturated carbocycles. The molecular formula is C13H15NO2. The Morgan fingerprint density at radius 3 is 2.50 bits per heavy atom. The largest absolute Gasteiger partial charge is 0.328 e. The van der Waals surface area contributed by atoms with Gasteiger partial charge in [0, 0.05) is 12.1 Å². The maximum absolute atomic E-state index is 12.0. The topological polar surface area (TPSA) is 37.4 Å². The Morgan fingerprint density at radius 2 is 1.94 bits per heavy atom. The molecule has 1 aromatic rings. The molecule has 0 aliphatic carbocycles. The first-order chi connectivity index (χ1) is 7.79. The van der Waals surface area contributed by atoms with Crippen LogP contribution in [0.15, 0.2) is 42.5 Å². The van der Waals surface area contributed by atoms with E-state index in [9.17, 15) is 9.59 Å². The third kappa shape index (κ3) is 3.35. The summed E-state index contributed by atoms with van der Waals surface area (Å²) < 4.78 is 0. The maximum Gasteiger partial charge on any atom is 0.254 e. The predicted octanol–water partition coefficient (Wildman–Crippen LogP) is 1.90. The highest BCUT2D eigenvalue weighted by atomic mass is 16.2. The summed E-state index contributed by atoms with van der Waals surface area (Å²) in [6, 6.07) is 8.96. The molecular weight excluding hydrogens is 202 g/mol. The van der Waals surface area contributed by atoms with Crippen molar-refractivity contribution in [2.75, 3.05) is 13.1 Å². The van der Waals surface area contributed by atoms with E-state index in [0.29, 0.717) is 12.1 Å². The number of hydrogen-bond donors (Lipinski definition) is 0. The van der Waals surface area contributed by atoms with Crippen molar-refractivity contribution in [2.24, 2.45) is 0 Å². The highest BCUT2D eigenvalue weighted by Crippen LogP contribution is 2.04. The molecule has 0 spiro atoms. The average Bonchev–Trinajstić information content (AvgIpc) is 2.35. The van der Waals surface area contributed by atoms with E-state index in [1.807, 2.05) is 37.3 Å². The quantitative estimate of drug-likeness (QED) is 0.558. The Labute approximate surface area is 95.4 Å². The van der Waals surface area contributed by atoms with E-state index in [1.165, 1.54) is 4.90 Å². The fraction of sp³-hybridized carbons (Fsp3) is 0.231. The number of benzene rings is 1. The van der Waals surface area contributed by atoms with Gasteiger partial charge in [-0.25, -0.2) is 0 Å². The molecule has 0 aliphatic rings. The van der Waals surface area contributed by atoms with Gasteiger partial charge in [0.1, 0.15) is 6.29 Å². The predicted molar refractivity (Wildman–Crippen MR) is 63.2 cm³/mol. The molecule has 0 unspecified atom stereocenters. The molecule has 0 bridgehead atoms. The Kier molecular flexibility index (Phi) is 4.99. The molecule has 0 N–H and O–H groups in total. The van der Waals surface area contributed by atoms with Gasteiger partial charge in [-0.3, -0.25) is 4.79 Å². The number of rotatable bonds is 5. The lowest BCUT2D eigenvalue weighted by Gasteiger charge is -2.18. The van der Waals surface area contributed by atoms with Crippen LogP contribution in [0.3, 0.4) is 0 Å². The monoisotopic (exact) mass is 217 g/mol. The van der Waals surface area contributed by atoms with Crippen LogP contribution in [0, 0.1) is 0 Å². The number of carbonyl (C=O) groups excluding carboxylic acids is 2. The molecule has 0 aliphatic heterocycles. The van der Waals surface area contributed by atoms with Crippen LogP contribution in [-0.2, 0) is 4.79 Å². The molecule has 0 heterocycles. The number of amides is 1. The summed E-state index contributed by atoms with van der Waals surface area (Å²) in [5.74, 6) is -0.120. The number of aldehydes is 1. The lowest BCUT2D eigenvalue weighted by Crippen LogP contribution is -2.32. The minimum absolute atomic E-state index is 0.120. The summed E-state index contributed by atoms with van der Waals surface area (Å²) in [5.41, 5.74) is 0.605. The zero-order chi connectivity index (χ0) is 11.8. The lowest BCUT2D eigenvalue weighted by atomic mass is 10.2. The molecule has 0 aromatic heterocycles. The molecule has 16 heavy (non-hydrogen) atoms. The van der Waals surface area contributed by atoms with E-state index in [1.54, 1.807) is 12.1 Å². The second-order valence-corrected chi connectivity index (χ2v) is 3.31. The Morgan fingerprint density at radius 1 is 1.25 bits per heavy atom. The average molecular weight is 217 g/mol. The summed E-state index contributed by atoms with van der Waals surface area (Å²) in [5, 5.41) is 0. The van der Waals surface area contributed by atoms with Gasteiger partial charge in [0.2, 0.25) is 0 Å². The number of hydrogen-bond acceptors (Lipinski definition) is 2. The first-order valence-electron chi connectivity index (χ1n) is 5.18. The van der Waals surface area contributed by atoms with E-state index in [0.717, 1.165) is 6.29 Å². The van der Waals surface area contributed by atoms with Gasteiger partial charge in [-0.05, 0) is 19.1 Å². The van der Waals surface area contributed by atoms with Crippen LogP contribution in [0.2, 0.25) is 0 Å². The van der Waals surface area contributed by atoms with Crippen molar-refractivity contribution in [1.82, 2.24) is 4.90 Å². The SMILES string of the molecule is CC=CCN(CC=O)C(=O)c1ccccc1. The summed E-state index contributed by atoms with van der Waals surface area (Å²) in [7, 11) is 0. The molecule has 0 atom stereocenters. The standard InChI is InChI=1S/C13H15NO2/c1-2-3-9-14(10-11-15)13(16)12-7-5-4-6-8-12/h2-8,11H,9-10H2,1H3. The van der Waals surface area contributed by atoms with Crippen molar-refractivity contribution in [3.8, 4) is 0 Å². The van der Waals surface area contributed by atoms with E-state index in [2.05, 4.69) is 0 Å². The Bertz CT molecular complexity index is 371. The van der Waals surface area contributed by atoms with Crippen LogP contribution < -0.4 is 0 Å². The van der Waals surface area contributed by atoms with Crippen LogP contribution in [0.5, 0.6) is 0 Å². The second-order valence-electron chi connectivity index (χ2n) is 3.31. The lowest BCUT2D eigenvalue weighted by molar-refractivity contribution is -0.108. The van der Waals surface area contributed by atoms with Gasteiger partial charge < -0.3 is 9.69 Å². The van der Waals surface area contributed by atoms with Crippen LogP contribution in [0.4, 0.5) is 0 Å². The fourth-order valence-corrected chi connectivity index (χ4v) is 1.33. The first kappa shape index (κ1) is 12.2. The molecule has 3 nitrogen and oxygen atoms in total. The van der Waals surface area contributed by atoms with Crippen molar-refractivity contribution in [2.45, 2.75) is 6.92 Å². The molecule has 1 amide bonds. The molecule has 0 saturated heterocycles. The molecule has 0 fully saturated rings. The van der Waals surface area contributed by atoms with Crippen LogP contribution >= 0.6 is 0 Å². The van der Waals surface area contributed by atoms with Crippen LogP contribution in [0.25, 0.3) is 0 Å². The number of allylic oxidation sites excluding steroid dienone is 1. The minimum atomic E-state index is -0.120. The summed E-state index contributed by atoms with van der Waals surface area (Å²) in [4.78, 5) is 24.0. The van der Waals surface area contributed by atoms with E-state index < -0.39 is 0 Å². The zero-order valence-corrected chi connectivity index (χ0v) is 9.30.